The molecule has 1 N–H and O–H groups in total. The number of rotatable bonds is 9. The number of guanidine groups is 1. The van der Waals surface area contributed by atoms with Gasteiger partial charge in [0.05, 0.1) is 19.3 Å². The summed E-state index contributed by atoms with van der Waals surface area (Å²) >= 11 is 1.63. The number of methoxy groups -OCH3 is 2. The molecule has 1 aromatic heterocycles. The number of aromatic nitrogens is 1. The van der Waals surface area contributed by atoms with Gasteiger partial charge in [-0.3, -0.25) is 4.99 Å². The molecule has 0 saturated heterocycles. The van der Waals surface area contributed by atoms with Crippen LogP contribution in [0.15, 0.2) is 28.6 Å². The maximum absolute atomic E-state index is 5.41. The third-order valence-electron chi connectivity index (χ3n) is 4.50. The zero-order valence-electron chi connectivity index (χ0n) is 17.8. The molecule has 1 heterocycles. The van der Waals surface area contributed by atoms with E-state index in [1.807, 2.05) is 14.0 Å². The fourth-order valence-corrected chi connectivity index (χ4v) is 3.62. The average molecular weight is 405 g/mol. The molecule has 0 aliphatic heterocycles. The summed E-state index contributed by atoms with van der Waals surface area (Å²) in [4.78, 5) is 11.6. The lowest BCUT2D eigenvalue weighted by Crippen LogP contribution is -2.38. The Morgan fingerprint density at radius 2 is 2.14 bits per heavy atom. The second kappa shape index (κ2) is 11.0. The van der Waals surface area contributed by atoms with Crippen molar-refractivity contribution in [3.05, 3.63) is 45.4 Å². The highest BCUT2D eigenvalue weighted by atomic mass is 32.1. The summed E-state index contributed by atoms with van der Waals surface area (Å²) in [6.07, 6.45) is 0.892. The zero-order chi connectivity index (χ0) is 20.5. The number of ether oxygens (including phenoxy) is 2. The van der Waals surface area contributed by atoms with Gasteiger partial charge in [-0.1, -0.05) is 12.1 Å². The summed E-state index contributed by atoms with van der Waals surface area (Å²) in [5.41, 5.74) is 3.40. The Balaban J connectivity index is 1.99. The van der Waals surface area contributed by atoms with Crippen molar-refractivity contribution in [1.29, 1.82) is 0 Å². The van der Waals surface area contributed by atoms with Crippen molar-refractivity contribution in [3.63, 3.8) is 0 Å². The van der Waals surface area contributed by atoms with Crippen LogP contribution < -0.4 is 10.1 Å². The van der Waals surface area contributed by atoms with Gasteiger partial charge in [0.15, 0.2) is 5.96 Å². The second-order valence-electron chi connectivity index (χ2n) is 6.70. The van der Waals surface area contributed by atoms with Crippen LogP contribution >= 0.6 is 11.3 Å². The number of benzene rings is 1. The smallest absolute Gasteiger partial charge is 0.194 e. The second-order valence-corrected chi connectivity index (χ2v) is 7.59. The molecule has 2 rings (SSSR count). The van der Waals surface area contributed by atoms with E-state index >= 15 is 0 Å². The van der Waals surface area contributed by atoms with Gasteiger partial charge in [0.2, 0.25) is 0 Å². The van der Waals surface area contributed by atoms with Crippen LogP contribution in [-0.2, 0) is 17.7 Å². The normalized spacial score (nSPS) is 12.7. The first-order valence-corrected chi connectivity index (χ1v) is 10.5. The van der Waals surface area contributed by atoms with E-state index in [0.29, 0.717) is 13.1 Å². The SMILES string of the molecule is CCNC(=NCCc1ccc(C)c(OC)c1)N(C)Cc1csc(C(C)OC)n1. The maximum atomic E-state index is 5.41. The first-order chi connectivity index (χ1) is 13.5. The van der Waals surface area contributed by atoms with Gasteiger partial charge in [-0.2, -0.15) is 0 Å². The molecule has 1 atom stereocenters. The topological polar surface area (TPSA) is 59.0 Å². The van der Waals surface area contributed by atoms with Gasteiger partial charge in [-0.15, -0.1) is 11.3 Å². The number of aliphatic imine (C=N–C) groups is 1. The Hall–Kier alpha value is -2.12. The van der Waals surface area contributed by atoms with Gasteiger partial charge < -0.3 is 19.7 Å². The van der Waals surface area contributed by atoms with Gasteiger partial charge in [0.25, 0.3) is 0 Å². The van der Waals surface area contributed by atoms with Gasteiger partial charge >= 0.3 is 0 Å². The largest absolute Gasteiger partial charge is 0.496 e. The lowest BCUT2D eigenvalue weighted by molar-refractivity contribution is 0.119. The van der Waals surface area contributed by atoms with Crippen molar-refractivity contribution in [2.75, 3.05) is 34.4 Å². The minimum Gasteiger partial charge on any atom is -0.496 e. The quantitative estimate of drug-likeness (QED) is 0.509. The molecular formula is C21H32N4O2S. The van der Waals surface area contributed by atoms with Crippen LogP contribution in [0.2, 0.25) is 0 Å². The molecule has 0 aliphatic carbocycles. The molecule has 1 unspecified atom stereocenters. The summed E-state index contributed by atoms with van der Waals surface area (Å²) in [6, 6.07) is 6.32. The number of aryl methyl sites for hydroxylation is 1. The van der Waals surface area contributed by atoms with E-state index in [0.717, 1.165) is 40.9 Å². The molecule has 0 amide bonds. The van der Waals surface area contributed by atoms with Crippen molar-refractivity contribution >= 4 is 17.3 Å². The highest BCUT2D eigenvalue weighted by Gasteiger charge is 2.12. The molecule has 0 bridgehead atoms. The number of hydrogen-bond donors (Lipinski definition) is 1. The van der Waals surface area contributed by atoms with Crippen LogP contribution in [0.5, 0.6) is 5.75 Å². The van der Waals surface area contributed by atoms with Crippen molar-refractivity contribution in [2.45, 2.75) is 39.8 Å². The predicted molar refractivity (Wildman–Crippen MR) is 116 cm³/mol. The van der Waals surface area contributed by atoms with Gasteiger partial charge in [-0.25, -0.2) is 4.98 Å². The van der Waals surface area contributed by atoms with E-state index in [1.54, 1.807) is 25.6 Å². The molecule has 28 heavy (non-hydrogen) atoms. The standard InChI is InChI=1S/C21H32N4O2S/c1-7-22-21(23-11-10-17-9-8-15(2)19(12-17)27-6)25(4)13-18-14-28-20(24-18)16(3)26-5/h8-9,12,14,16H,7,10-11,13H2,1-6H3,(H,22,23). The van der Waals surface area contributed by atoms with Crippen LogP contribution in [0.25, 0.3) is 0 Å². The van der Waals surface area contributed by atoms with Crippen molar-refractivity contribution in [3.8, 4) is 5.75 Å². The number of hydrogen-bond acceptors (Lipinski definition) is 5. The van der Waals surface area contributed by atoms with Crippen LogP contribution in [0.3, 0.4) is 0 Å². The van der Waals surface area contributed by atoms with Crippen molar-refractivity contribution in [1.82, 2.24) is 15.2 Å². The minimum absolute atomic E-state index is 0.0254. The van der Waals surface area contributed by atoms with E-state index < -0.39 is 0 Å². The Morgan fingerprint density at radius 3 is 2.82 bits per heavy atom. The zero-order valence-corrected chi connectivity index (χ0v) is 18.6. The summed E-state index contributed by atoms with van der Waals surface area (Å²) in [7, 11) is 5.45. The number of nitrogens with zero attached hydrogens (tertiary/aromatic N) is 3. The molecule has 0 radical (unpaired) electrons. The molecule has 0 spiro atoms. The molecule has 2 aromatic rings. The lowest BCUT2D eigenvalue weighted by atomic mass is 10.1. The molecule has 0 saturated carbocycles. The Morgan fingerprint density at radius 1 is 1.36 bits per heavy atom. The molecular weight excluding hydrogens is 372 g/mol. The third-order valence-corrected chi connectivity index (χ3v) is 5.56. The third kappa shape index (κ3) is 6.21. The van der Waals surface area contributed by atoms with Gasteiger partial charge in [0, 0.05) is 32.6 Å². The molecule has 6 nitrogen and oxygen atoms in total. The lowest BCUT2D eigenvalue weighted by Gasteiger charge is -2.21. The van der Waals surface area contributed by atoms with E-state index in [2.05, 4.69) is 52.6 Å². The fraction of sp³-hybridized carbons (Fsp3) is 0.524. The molecule has 1 aromatic carbocycles. The van der Waals surface area contributed by atoms with E-state index in [1.165, 1.54) is 5.56 Å². The minimum atomic E-state index is 0.0254. The molecule has 7 heteroatoms. The van der Waals surface area contributed by atoms with Crippen LogP contribution in [0, 0.1) is 6.92 Å². The predicted octanol–water partition coefficient (Wildman–Crippen LogP) is 3.81. The maximum Gasteiger partial charge on any atom is 0.194 e. The Labute approximate surface area is 172 Å². The van der Waals surface area contributed by atoms with E-state index in [4.69, 9.17) is 14.5 Å². The highest BCUT2D eigenvalue weighted by molar-refractivity contribution is 7.09. The first kappa shape index (κ1) is 22.2. The highest BCUT2D eigenvalue weighted by Crippen LogP contribution is 2.21. The van der Waals surface area contributed by atoms with Gasteiger partial charge in [-0.05, 0) is 44.4 Å². The first-order valence-electron chi connectivity index (χ1n) is 9.58. The van der Waals surface area contributed by atoms with E-state index in [-0.39, 0.29) is 6.10 Å². The summed E-state index contributed by atoms with van der Waals surface area (Å²) < 4.78 is 10.8. The number of thiazole rings is 1. The van der Waals surface area contributed by atoms with Crippen LogP contribution in [-0.4, -0.2) is 50.2 Å². The summed E-state index contributed by atoms with van der Waals surface area (Å²) in [5.74, 6) is 1.81. The molecule has 154 valence electrons. The fourth-order valence-electron chi connectivity index (χ4n) is 2.78. The van der Waals surface area contributed by atoms with Gasteiger partial charge in [0.1, 0.15) is 16.9 Å². The van der Waals surface area contributed by atoms with Crippen LogP contribution in [0.4, 0.5) is 0 Å². The molecule has 0 fully saturated rings. The summed E-state index contributed by atoms with van der Waals surface area (Å²) in [5, 5.41) is 6.45. The molecule has 0 aliphatic rings. The van der Waals surface area contributed by atoms with Crippen molar-refractivity contribution in [2.24, 2.45) is 4.99 Å². The monoisotopic (exact) mass is 404 g/mol. The summed E-state index contributed by atoms with van der Waals surface area (Å²) in [6.45, 7) is 8.38. The Kier molecular flexibility index (Phi) is 8.73. The van der Waals surface area contributed by atoms with Crippen molar-refractivity contribution < 1.29 is 9.47 Å². The Bertz CT molecular complexity index is 776. The van der Waals surface area contributed by atoms with Crippen LogP contribution in [0.1, 0.15) is 41.8 Å². The average Bonchev–Trinajstić information content (AvgIpc) is 3.16. The number of nitrogens with one attached hydrogen (secondary N) is 1. The van der Waals surface area contributed by atoms with E-state index in [9.17, 15) is 0 Å².